The van der Waals surface area contributed by atoms with Crippen LogP contribution in [0.25, 0.3) is 16.9 Å². The number of imidazole rings is 1. The van der Waals surface area contributed by atoms with Gasteiger partial charge in [0.1, 0.15) is 5.69 Å². The molecule has 3 aromatic rings. The fourth-order valence-electron chi connectivity index (χ4n) is 1.81. The van der Waals surface area contributed by atoms with E-state index in [1.54, 1.807) is 0 Å². The number of hydrogen-bond donors (Lipinski definition) is 0. The lowest BCUT2D eigenvalue weighted by molar-refractivity contribution is 0.144. The second-order valence-corrected chi connectivity index (χ2v) is 3.97. The number of nitrogens with zero attached hydrogens (tertiary/aromatic N) is 4. The molecule has 3 heterocycles. The van der Waals surface area contributed by atoms with Crippen LogP contribution in [0.2, 0.25) is 0 Å². The summed E-state index contributed by atoms with van der Waals surface area (Å²) in [5.74, 6) is -2.03. The smallest absolute Gasteiger partial charge is 0.235 e. The van der Waals surface area contributed by atoms with Crippen molar-refractivity contribution in [3.63, 3.8) is 0 Å². The fraction of sp³-hybridized carbons (Fsp3) is 0.0833. The van der Waals surface area contributed by atoms with Crippen LogP contribution in [0.1, 0.15) is 12.1 Å². The molecule has 0 spiro atoms. The number of hydrogen-bond acceptors (Lipinski definition) is 3. The van der Waals surface area contributed by atoms with Gasteiger partial charge in [-0.3, -0.25) is 0 Å². The van der Waals surface area contributed by atoms with Gasteiger partial charge >= 0.3 is 0 Å². The van der Waals surface area contributed by atoms with Crippen molar-refractivity contribution in [3.8, 4) is 11.3 Å². The predicted octanol–water partition coefficient (Wildman–Crippen LogP) is 3.01. The van der Waals surface area contributed by atoms with Gasteiger partial charge < -0.3 is 0 Å². The molecule has 0 saturated carbocycles. The van der Waals surface area contributed by atoms with Crippen molar-refractivity contribution < 1.29 is 17.6 Å². The molecule has 3 rings (SSSR count). The third kappa shape index (κ3) is 2.09. The van der Waals surface area contributed by atoms with Crippen molar-refractivity contribution in [1.82, 2.24) is 19.6 Å². The van der Waals surface area contributed by atoms with Crippen LogP contribution >= 0.6 is 0 Å². The summed E-state index contributed by atoms with van der Waals surface area (Å²) >= 11 is 0. The molecular formula is C12H6F4N4. The van der Waals surface area contributed by atoms with Gasteiger partial charge in [-0.25, -0.2) is 18.3 Å². The van der Waals surface area contributed by atoms with Gasteiger partial charge in [-0.05, 0) is 12.1 Å². The zero-order valence-corrected chi connectivity index (χ0v) is 9.76. The summed E-state index contributed by atoms with van der Waals surface area (Å²) in [7, 11) is 0. The minimum absolute atomic E-state index is 0.112. The van der Waals surface area contributed by atoms with Gasteiger partial charge in [0.05, 0.1) is 11.9 Å². The maximum Gasteiger partial charge on any atom is 0.282 e. The van der Waals surface area contributed by atoms with Crippen LogP contribution < -0.4 is 0 Å². The molecular weight excluding hydrogens is 276 g/mol. The highest BCUT2D eigenvalue weighted by molar-refractivity contribution is 5.62. The summed E-state index contributed by atoms with van der Waals surface area (Å²) in [6.45, 7) is 0. The lowest BCUT2D eigenvalue weighted by atomic mass is 10.2. The Morgan fingerprint density at radius 3 is 2.40 bits per heavy atom. The average molecular weight is 282 g/mol. The normalized spacial score (nSPS) is 11.4. The zero-order valence-electron chi connectivity index (χ0n) is 9.76. The Bertz CT molecular complexity index is 764. The SMILES string of the molecule is Fc1cc(-c2cnc3ccc(C(F)F)nn23)cc(F)n1. The predicted molar refractivity (Wildman–Crippen MR) is 61.1 cm³/mol. The summed E-state index contributed by atoms with van der Waals surface area (Å²) < 4.78 is 52.6. The van der Waals surface area contributed by atoms with Crippen molar-refractivity contribution in [2.45, 2.75) is 6.43 Å². The minimum Gasteiger partial charge on any atom is -0.235 e. The number of pyridine rings is 1. The van der Waals surface area contributed by atoms with Crippen molar-refractivity contribution >= 4 is 5.65 Å². The average Bonchev–Trinajstić information content (AvgIpc) is 2.80. The summed E-state index contributed by atoms with van der Waals surface area (Å²) in [5, 5.41) is 3.71. The zero-order chi connectivity index (χ0) is 14.3. The molecule has 0 saturated heterocycles. The van der Waals surface area contributed by atoms with Crippen LogP contribution in [0.5, 0.6) is 0 Å². The first kappa shape index (κ1) is 12.5. The first-order valence-electron chi connectivity index (χ1n) is 5.51. The van der Waals surface area contributed by atoms with Crippen LogP contribution in [-0.4, -0.2) is 19.6 Å². The number of rotatable bonds is 2. The molecule has 20 heavy (non-hydrogen) atoms. The van der Waals surface area contributed by atoms with E-state index in [-0.39, 0.29) is 11.3 Å². The van der Waals surface area contributed by atoms with E-state index < -0.39 is 24.0 Å². The van der Waals surface area contributed by atoms with E-state index in [9.17, 15) is 17.6 Å². The van der Waals surface area contributed by atoms with Crippen molar-refractivity contribution in [2.75, 3.05) is 0 Å². The summed E-state index contributed by atoms with van der Waals surface area (Å²) in [5.41, 5.74) is 0.151. The lowest BCUT2D eigenvalue weighted by Crippen LogP contribution is -2.00. The topological polar surface area (TPSA) is 43.1 Å². The van der Waals surface area contributed by atoms with Gasteiger partial charge in [-0.15, -0.1) is 0 Å². The quantitative estimate of drug-likeness (QED) is 0.536. The second kappa shape index (κ2) is 4.55. The highest BCUT2D eigenvalue weighted by Gasteiger charge is 2.14. The Kier molecular flexibility index (Phi) is 2.85. The first-order chi connectivity index (χ1) is 9.54. The molecule has 0 unspecified atom stereocenters. The third-order valence-electron chi connectivity index (χ3n) is 2.67. The summed E-state index contributed by atoms with van der Waals surface area (Å²) in [4.78, 5) is 6.91. The maximum absolute atomic E-state index is 13.1. The molecule has 0 amide bonds. The van der Waals surface area contributed by atoms with Crippen LogP contribution in [0, 0.1) is 11.9 Å². The Morgan fingerprint density at radius 2 is 1.75 bits per heavy atom. The molecule has 3 aromatic heterocycles. The summed E-state index contributed by atoms with van der Waals surface area (Å²) in [6.07, 6.45) is -1.45. The summed E-state index contributed by atoms with van der Waals surface area (Å²) in [6, 6.07) is 4.45. The molecule has 0 aliphatic rings. The Hall–Kier alpha value is -2.51. The standard InChI is InChI=1S/C12H6F4N4/c13-9-3-6(4-10(14)18-9)8-5-17-11-2-1-7(12(15)16)19-20(8)11/h1-5,12H. The number of halogens is 4. The van der Waals surface area contributed by atoms with E-state index >= 15 is 0 Å². The van der Waals surface area contributed by atoms with Gasteiger partial charge in [-0.2, -0.15) is 18.9 Å². The van der Waals surface area contributed by atoms with Gasteiger partial charge in [0.2, 0.25) is 11.9 Å². The fourth-order valence-corrected chi connectivity index (χ4v) is 1.81. The molecule has 0 atom stereocenters. The molecule has 8 heteroatoms. The maximum atomic E-state index is 13.1. The molecule has 0 radical (unpaired) electrons. The van der Waals surface area contributed by atoms with Crippen LogP contribution in [0.3, 0.4) is 0 Å². The monoisotopic (exact) mass is 282 g/mol. The first-order valence-corrected chi connectivity index (χ1v) is 5.51. The molecule has 0 aliphatic heterocycles. The minimum atomic E-state index is -2.75. The Balaban J connectivity index is 2.22. The van der Waals surface area contributed by atoms with Crippen LogP contribution in [0.4, 0.5) is 17.6 Å². The van der Waals surface area contributed by atoms with E-state index in [2.05, 4.69) is 15.1 Å². The lowest BCUT2D eigenvalue weighted by Gasteiger charge is -2.03. The molecule has 0 fully saturated rings. The highest BCUT2D eigenvalue weighted by atomic mass is 19.3. The van der Waals surface area contributed by atoms with E-state index in [1.807, 2.05) is 0 Å². The van der Waals surface area contributed by atoms with E-state index in [4.69, 9.17) is 0 Å². The van der Waals surface area contributed by atoms with E-state index in [0.29, 0.717) is 5.65 Å². The molecule has 0 aliphatic carbocycles. The highest BCUT2D eigenvalue weighted by Crippen LogP contribution is 2.23. The van der Waals surface area contributed by atoms with Gasteiger partial charge in [-0.1, -0.05) is 0 Å². The number of alkyl halides is 2. The molecule has 102 valence electrons. The van der Waals surface area contributed by atoms with Crippen LogP contribution in [-0.2, 0) is 0 Å². The largest absolute Gasteiger partial charge is 0.282 e. The Morgan fingerprint density at radius 1 is 1.05 bits per heavy atom. The van der Waals surface area contributed by atoms with E-state index in [0.717, 1.165) is 22.7 Å². The Labute approximate surface area is 109 Å². The van der Waals surface area contributed by atoms with Gasteiger partial charge in [0.25, 0.3) is 6.43 Å². The van der Waals surface area contributed by atoms with Crippen molar-refractivity contribution in [1.29, 1.82) is 0 Å². The van der Waals surface area contributed by atoms with Crippen molar-refractivity contribution in [2.24, 2.45) is 0 Å². The van der Waals surface area contributed by atoms with Crippen LogP contribution in [0.15, 0.2) is 30.5 Å². The molecule has 4 nitrogen and oxygen atoms in total. The number of fused-ring (bicyclic) bond motifs is 1. The second-order valence-electron chi connectivity index (χ2n) is 3.97. The van der Waals surface area contributed by atoms with Gasteiger partial charge in [0, 0.05) is 17.7 Å². The number of aromatic nitrogens is 4. The third-order valence-corrected chi connectivity index (χ3v) is 2.67. The molecule has 0 bridgehead atoms. The van der Waals surface area contributed by atoms with Gasteiger partial charge in [0.15, 0.2) is 5.65 Å². The molecule has 0 N–H and O–H groups in total. The molecule has 0 aromatic carbocycles. The van der Waals surface area contributed by atoms with Crippen molar-refractivity contribution in [3.05, 3.63) is 48.1 Å². The van der Waals surface area contributed by atoms with E-state index in [1.165, 1.54) is 12.3 Å².